The Balaban J connectivity index is 1.37. The van der Waals surface area contributed by atoms with Crippen LogP contribution in [0.15, 0.2) is 30.3 Å². The number of halogens is 3. The van der Waals surface area contributed by atoms with Crippen molar-refractivity contribution in [3.63, 3.8) is 0 Å². The Bertz CT molecular complexity index is 1390. The fourth-order valence-electron chi connectivity index (χ4n) is 6.28. The predicted molar refractivity (Wildman–Crippen MR) is 171 cm³/mol. The topological polar surface area (TPSA) is 99.3 Å². The van der Waals surface area contributed by atoms with E-state index in [2.05, 4.69) is 20.4 Å². The zero-order valence-corrected chi connectivity index (χ0v) is 27.1. The average molecular weight is 647 g/mol. The summed E-state index contributed by atoms with van der Waals surface area (Å²) < 4.78 is 49.7. The average Bonchev–Trinajstić information content (AvgIpc) is 3.44. The first-order chi connectivity index (χ1) is 21.7. The minimum Gasteiger partial charge on any atom is -0.444 e. The largest absolute Gasteiger partial charge is 0.444 e. The van der Waals surface area contributed by atoms with Crippen LogP contribution >= 0.6 is 0 Å². The van der Waals surface area contributed by atoms with E-state index in [1.807, 2.05) is 58.0 Å². The van der Waals surface area contributed by atoms with Crippen molar-refractivity contribution in [3.05, 3.63) is 35.9 Å². The molecule has 46 heavy (non-hydrogen) atoms. The van der Waals surface area contributed by atoms with E-state index in [-0.39, 0.29) is 12.6 Å². The number of ether oxygens (including phenoxy) is 2. The number of nitrogens with zero attached hydrogens (tertiary/aromatic N) is 4. The van der Waals surface area contributed by atoms with Crippen LogP contribution in [0.3, 0.4) is 0 Å². The molecule has 0 aliphatic carbocycles. The summed E-state index contributed by atoms with van der Waals surface area (Å²) in [6, 6.07) is 9.23. The van der Waals surface area contributed by atoms with Crippen LogP contribution in [0.2, 0.25) is 0 Å². The number of alkyl halides is 3. The minimum absolute atomic E-state index is 0.0836. The summed E-state index contributed by atoms with van der Waals surface area (Å²) in [6.07, 6.45) is -3.51. The van der Waals surface area contributed by atoms with Crippen molar-refractivity contribution in [2.75, 3.05) is 67.6 Å². The molecule has 13 heteroatoms. The Morgan fingerprint density at radius 3 is 2.39 bits per heavy atom. The number of aromatic nitrogens is 1. The number of pyridine rings is 1. The molecule has 1 aromatic heterocycles. The lowest BCUT2D eigenvalue weighted by Gasteiger charge is -2.35. The Morgan fingerprint density at radius 2 is 1.70 bits per heavy atom. The van der Waals surface area contributed by atoms with E-state index in [9.17, 15) is 22.8 Å². The quantitative estimate of drug-likeness (QED) is 0.386. The number of piperidine rings is 1. The molecule has 4 heterocycles. The van der Waals surface area contributed by atoms with Gasteiger partial charge >= 0.3 is 18.3 Å². The van der Waals surface area contributed by atoms with Crippen LogP contribution in [0.4, 0.5) is 40.1 Å². The Hall–Kier alpha value is -3.74. The molecule has 0 saturated carbocycles. The second-order valence-corrected chi connectivity index (χ2v) is 13.5. The third-order valence-electron chi connectivity index (χ3n) is 8.49. The molecule has 252 valence electrons. The van der Waals surface area contributed by atoms with E-state index in [0.29, 0.717) is 51.5 Å². The van der Waals surface area contributed by atoms with Gasteiger partial charge in [0, 0.05) is 57.4 Å². The van der Waals surface area contributed by atoms with Crippen LogP contribution in [0.1, 0.15) is 52.0 Å². The number of alkyl carbamates (subject to hydrolysis) is 1. The monoisotopic (exact) mass is 646 g/mol. The van der Waals surface area contributed by atoms with Crippen molar-refractivity contribution < 1.29 is 32.2 Å². The van der Waals surface area contributed by atoms with Crippen LogP contribution in [-0.4, -0.2) is 92.3 Å². The number of morpholine rings is 1. The van der Waals surface area contributed by atoms with E-state index in [1.54, 1.807) is 0 Å². The number of nitrogens with one attached hydrogen (secondary N) is 2. The maximum atomic E-state index is 13.0. The van der Waals surface area contributed by atoms with Crippen LogP contribution < -0.4 is 20.4 Å². The molecular weight excluding hydrogens is 601 g/mol. The van der Waals surface area contributed by atoms with Crippen molar-refractivity contribution in [1.29, 1.82) is 0 Å². The zero-order chi connectivity index (χ0) is 33.1. The molecule has 3 saturated heterocycles. The van der Waals surface area contributed by atoms with Gasteiger partial charge < -0.3 is 34.8 Å². The summed E-state index contributed by atoms with van der Waals surface area (Å²) >= 11 is 0. The van der Waals surface area contributed by atoms with Gasteiger partial charge in [0.05, 0.1) is 13.2 Å². The maximum Gasteiger partial charge on any atom is 0.407 e. The second-order valence-electron chi connectivity index (χ2n) is 13.5. The van der Waals surface area contributed by atoms with Crippen molar-refractivity contribution in [2.24, 2.45) is 5.92 Å². The first-order valence-electron chi connectivity index (χ1n) is 16.1. The number of anilines is 3. The number of hydrogen-bond donors (Lipinski definition) is 2. The van der Waals surface area contributed by atoms with Gasteiger partial charge in [-0.1, -0.05) is 6.07 Å². The van der Waals surface area contributed by atoms with Gasteiger partial charge in [-0.25, -0.2) is 14.6 Å². The molecule has 2 N–H and O–H groups in total. The number of urea groups is 1. The lowest BCUT2D eigenvalue weighted by molar-refractivity contribution is -0.143. The molecule has 10 nitrogen and oxygen atoms in total. The van der Waals surface area contributed by atoms with Gasteiger partial charge in [0.1, 0.15) is 17.2 Å². The summed E-state index contributed by atoms with van der Waals surface area (Å²) in [5.74, 6) is 1.03. The standard InChI is InChI=1S/C33H45F3N6O4/c1-22-7-8-25(37-30(43)42-11-9-23(20-42)19-33(34,35)36)18-27(22)24-16-28(40-12-14-45-15-13-40)39-29(17-24)41-10-5-6-26(21-41)38-31(44)46-32(2,3)4/h7-8,16-18,23,26H,5-6,9-15,19-21H2,1-4H3,(H,37,43)(H,38,44)/t23-,26+/m0/s1. The Morgan fingerprint density at radius 1 is 0.978 bits per heavy atom. The summed E-state index contributed by atoms with van der Waals surface area (Å²) in [7, 11) is 0. The van der Waals surface area contributed by atoms with Gasteiger partial charge in [0.25, 0.3) is 0 Å². The highest BCUT2D eigenvalue weighted by molar-refractivity contribution is 5.91. The van der Waals surface area contributed by atoms with Gasteiger partial charge in [-0.05, 0) is 93.8 Å². The van der Waals surface area contributed by atoms with Gasteiger partial charge in [-0.15, -0.1) is 0 Å². The van der Waals surface area contributed by atoms with Crippen LogP contribution in [0.5, 0.6) is 0 Å². The molecule has 0 unspecified atom stereocenters. The van der Waals surface area contributed by atoms with E-state index in [4.69, 9.17) is 14.5 Å². The molecule has 3 amide bonds. The maximum absolute atomic E-state index is 13.0. The summed E-state index contributed by atoms with van der Waals surface area (Å²) in [5, 5.41) is 5.91. The van der Waals surface area contributed by atoms with E-state index in [1.165, 1.54) is 4.90 Å². The molecule has 0 spiro atoms. The Kier molecular flexibility index (Phi) is 10.2. The molecule has 3 fully saturated rings. The molecule has 0 radical (unpaired) electrons. The molecule has 3 aliphatic heterocycles. The number of rotatable bonds is 6. The number of hydrogen-bond acceptors (Lipinski definition) is 7. The van der Waals surface area contributed by atoms with Crippen LogP contribution in [0.25, 0.3) is 11.1 Å². The Labute approximate surface area is 268 Å². The molecule has 1 aromatic carbocycles. The van der Waals surface area contributed by atoms with E-state index in [0.717, 1.165) is 47.7 Å². The van der Waals surface area contributed by atoms with Gasteiger partial charge in [0.15, 0.2) is 0 Å². The number of carbonyl (C=O) groups is 2. The van der Waals surface area contributed by atoms with Crippen molar-refractivity contribution in [1.82, 2.24) is 15.2 Å². The lowest BCUT2D eigenvalue weighted by atomic mass is 9.99. The van der Waals surface area contributed by atoms with Gasteiger partial charge in [-0.2, -0.15) is 13.2 Å². The van der Waals surface area contributed by atoms with Crippen LogP contribution in [0, 0.1) is 12.8 Å². The van der Waals surface area contributed by atoms with Crippen molar-refractivity contribution in [3.8, 4) is 11.1 Å². The minimum atomic E-state index is -4.24. The number of aryl methyl sites for hydroxylation is 1. The van der Waals surface area contributed by atoms with Crippen LogP contribution in [-0.2, 0) is 9.47 Å². The van der Waals surface area contributed by atoms with E-state index < -0.39 is 36.2 Å². The van der Waals surface area contributed by atoms with Gasteiger partial charge in [0.2, 0.25) is 0 Å². The molecule has 3 aliphatic rings. The zero-order valence-electron chi connectivity index (χ0n) is 27.1. The highest BCUT2D eigenvalue weighted by atomic mass is 19.4. The lowest BCUT2D eigenvalue weighted by Crippen LogP contribution is -2.49. The highest BCUT2D eigenvalue weighted by Crippen LogP contribution is 2.34. The normalized spacial score (nSPS) is 20.9. The van der Waals surface area contributed by atoms with Crippen molar-refractivity contribution in [2.45, 2.75) is 71.2 Å². The molecule has 0 bridgehead atoms. The number of benzene rings is 1. The first-order valence-corrected chi connectivity index (χ1v) is 16.1. The molecule has 2 aromatic rings. The van der Waals surface area contributed by atoms with Crippen molar-refractivity contribution >= 4 is 29.4 Å². The summed E-state index contributed by atoms with van der Waals surface area (Å²) in [4.78, 5) is 36.4. The summed E-state index contributed by atoms with van der Waals surface area (Å²) in [6.45, 7) is 11.9. The van der Waals surface area contributed by atoms with E-state index >= 15 is 0 Å². The third-order valence-corrected chi connectivity index (χ3v) is 8.49. The number of carbonyl (C=O) groups excluding carboxylic acids is 2. The SMILES string of the molecule is Cc1ccc(NC(=O)N2CC[C@@H](CC(F)(F)F)C2)cc1-c1cc(N2CCOCC2)nc(N2CCC[C@@H](NC(=O)OC(C)(C)C)C2)c1. The molecule has 5 rings (SSSR count). The van der Waals surface area contributed by atoms with Gasteiger partial charge in [-0.3, -0.25) is 0 Å². The fraction of sp³-hybridized carbons (Fsp3) is 0.606. The first kappa shape index (κ1) is 33.6. The smallest absolute Gasteiger partial charge is 0.407 e. The number of amides is 3. The number of likely N-dealkylation sites (tertiary alicyclic amines) is 1. The highest BCUT2D eigenvalue weighted by Gasteiger charge is 2.36. The fourth-order valence-corrected chi connectivity index (χ4v) is 6.28. The molecular formula is C33H45F3N6O4. The summed E-state index contributed by atoms with van der Waals surface area (Å²) in [5.41, 5.74) is 2.81. The third kappa shape index (κ3) is 9.17. The predicted octanol–water partition coefficient (Wildman–Crippen LogP) is 6.19. The second kappa shape index (κ2) is 13.9. The molecule has 2 atom stereocenters.